The number of imidazole rings is 1. The van der Waals surface area contributed by atoms with Gasteiger partial charge in [-0.05, 0) is 38.0 Å². The lowest BCUT2D eigenvalue weighted by Gasteiger charge is -2.12. The van der Waals surface area contributed by atoms with Crippen LogP contribution in [-0.4, -0.2) is 16.7 Å². The maximum atomic E-state index is 5.87. The smallest absolute Gasteiger partial charge is 0.131 e. The zero-order valence-corrected chi connectivity index (χ0v) is 12.2. The molecule has 102 valence electrons. The Morgan fingerprint density at radius 2 is 1.95 bits per heavy atom. The van der Waals surface area contributed by atoms with Crippen LogP contribution in [0.5, 0.6) is 5.75 Å². The van der Waals surface area contributed by atoms with Crippen LogP contribution in [0, 0.1) is 20.8 Å². The molecule has 0 amide bonds. The monoisotopic (exact) mass is 259 g/mol. The highest BCUT2D eigenvalue weighted by Gasteiger charge is 2.18. The Bertz CT molecular complexity index is 614. The van der Waals surface area contributed by atoms with Gasteiger partial charge >= 0.3 is 0 Å². The second kappa shape index (κ2) is 5.05. The van der Waals surface area contributed by atoms with Crippen LogP contribution in [0.15, 0.2) is 12.1 Å². The summed E-state index contributed by atoms with van der Waals surface area (Å²) >= 11 is 0. The van der Waals surface area contributed by atoms with E-state index in [0.29, 0.717) is 6.54 Å². The molecule has 2 aromatic rings. The van der Waals surface area contributed by atoms with Crippen LogP contribution < -0.4 is 10.5 Å². The second-order valence-corrected chi connectivity index (χ2v) is 4.88. The summed E-state index contributed by atoms with van der Waals surface area (Å²) in [6, 6.07) is 4.22. The van der Waals surface area contributed by atoms with Gasteiger partial charge in [-0.25, -0.2) is 4.98 Å². The average molecular weight is 259 g/mol. The molecule has 0 saturated heterocycles. The standard InChI is InChI=1S/C15H21N3O/c1-9-6-10(2)15(19-5)12(7-9)14-13(8-16)18(4)11(3)17-14/h6-7H,8,16H2,1-5H3. The molecule has 0 unspecified atom stereocenters. The maximum absolute atomic E-state index is 5.87. The molecule has 0 fully saturated rings. The van der Waals surface area contributed by atoms with Crippen LogP contribution in [-0.2, 0) is 13.6 Å². The number of benzene rings is 1. The van der Waals surface area contributed by atoms with Crippen molar-refractivity contribution in [2.75, 3.05) is 7.11 Å². The molecule has 1 aromatic heterocycles. The Morgan fingerprint density at radius 1 is 1.26 bits per heavy atom. The Kier molecular flexibility index (Phi) is 3.62. The Morgan fingerprint density at radius 3 is 2.53 bits per heavy atom. The first-order valence-electron chi connectivity index (χ1n) is 6.37. The molecule has 2 rings (SSSR count). The molecule has 0 aliphatic heterocycles. The summed E-state index contributed by atoms with van der Waals surface area (Å²) in [5.74, 6) is 1.83. The third kappa shape index (κ3) is 2.24. The number of ether oxygens (including phenoxy) is 1. The molecule has 0 spiro atoms. The van der Waals surface area contributed by atoms with E-state index in [-0.39, 0.29) is 0 Å². The van der Waals surface area contributed by atoms with Crippen LogP contribution in [0.2, 0.25) is 0 Å². The van der Waals surface area contributed by atoms with E-state index in [0.717, 1.165) is 34.1 Å². The fourth-order valence-corrected chi connectivity index (χ4v) is 2.51. The molecule has 0 radical (unpaired) electrons. The minimum atomic E-state index is 0.461. The van der Waals surface area contributed by atoms with Crippen LogP contribution in [0.4, 0.5) is 0 Å². The zero-order valence-electron chi connectivity index (χ0n) is 12.2. The van der Waals surface area contributed by atoms with Crippen LogP contribution in [0.3, 0.4) is 0 Å². The third-order valence-electron chi connectivity index (χ3n) is 3.51. The van der Waals surface area contributed by atoms with Crippen LogP contribution in [0.25, 0.3) is 11.3 Å². The molecule has 1 heterocycles. The molecule has 0 saturated carbocycles. The van der Waals surface area contributed by atoms with Gasteiger partial charge in [0.05, 0.1) is 18.5 Å². The number of nitrogens with zero attached hydrogens (tertiary/aromatic N) is 2. The van der Waals surface area contributed by atoms with E-state index in [1.807, 2.05) is 25.5 Å². The number of hydrogen-bond acceptors (Lipinski definition) is 3. The second-order valence-electron chi connectivity index (χ2n) is 4.88. The SMILES string of the molecule is COc1c(C)cc(C)cc1-c1nc(C)n(C)c1CN. The number of aromatic nitrogens is 2. The van der Waals surface area contributed by atoms with Gasteiger partial charge in [0.1, 0.15) is 11.6 Å². The lowest BCUT2D eigenvalue weighted by molar-refractivity contribution is 0.413. The number of aryl methyl sites for hydroxylation is 3. The Balaban J connectivity index is 2.75. The fourth-order valence-electron chi connectivity index (χ4n) is 2.51. The molecule has 0 atom stereocenters. The topological polar surface area (TPSA) is 53.1 Å². The van der Waals surface area contributed by atoms with Crippen molar-refractivity contribution < 1.29 is 4.74 Å². The fraction of sp³-hybridized carbons (Fsp3) is 0.400. The normalized spacial score (nSPS) is 10.8. The lowest BCUT2D eigenvalue weighted by Crippen LogP contribution is -2.06. The summed E-state index contributed by atoms with van der Waals surface area (Å²) in [7, 11) is 3.68. The summed E-state index contributed by atoms with van der Waals surface area (Å²) in [6.45, 7) is 6.57. The van der Waals surface area contributed by atoms with Crippen molar-refractivity contribution in [1.82, 2.24) is 9.55 Å². The number of methoxy groups -OCH3 is 1. The van der Waals surface area contributed by atoms with E-state index in [4.69, 9.17) is 10.5 Å². The Labute approximate surface area is 114 Å². The van der Waals surface area contributed by atoms with E-state index in [1.54, 1.807) is 7.11 Å². The first-order chi connectivity index (χ1) is 8.99. The highest BCUT2D eigenvalue weighted by molar-refractivity contribution is 5.72. The molecule has 0 aliphatic rings. The van der Waals surface area contributed by atoms with Gasteiger partial charge in [-0.3, -0.25) is 0 Å². The van der Waals surface area contributed by atoms with Gasteiger partial charge in [-0.15, -0.1) is 0 Å². The van der Waals surface area contributed by atoms with Crippen molar-refractivity contribution in [3.8, 4) is 17.0 Å². The van der Waals surface area contributed by atoms with Crippen molar-refractivity contribution in [2.45, 2.75) is 27.3 Å². The van der Waals surface area contributed by atoms with Gasteiger partial charge in [-0.2, -0.15) is 0 Å². The van der Waals surface area contributed by atoms with Gasteiger partial charge in [0, 0.05) is 19.2 Å². The lowest BCUT2D eigenvalue weighted by atomic mass is 10.0. The van der Waals surface area contributed by atoms with Crippen molar-refractivity contribution in [1.29, 1.82) is 0 Å². The average Bonchev–Trinajstić information content (AvgIpc) is 2.64. The van der Waals surface area contributed by atoms with Crippen molar-refractivity contribution in [3.63, 3.8) is 0 Å². The van der Waals surface area contributed by atoms with E-state index >= 15 is 0 Å². The molecule has 4 nitrogen and oxygen atoms in total. The summed E-state index contributed by atoms with van der Waals surface area (Å²) in [5.41, 5.74) is 11.1. The van der Waals surface area contributed by atoms with E-state index < -0.39 is 0 Å². The van der Waals surface area contributed by atoms with Gasteiger partial charge < -0.3 is 15.0 Å². The molecular formula is C15H21N3O. The van der Waals surface area contributed by atoms with Gasteiger partial charge in [0.2, 0.25) is 0 Å². The number of nitrogens with two attached hydrogens (primary N) is 1. The number of hydrogen-bond donors (Lipinski definition) is 1. The largest absolute Gasteiger partial charge is 0.496 e. The molecule has 1 aromatic carbocycles. The third-order valence-corrected chi connectivity index (χ3v) is 3.51. The molecular weight excluding hydrogens is 238 g/mol. The van der Waals surface area contributed by atoms with Crippen molar-refractivity contribution >= 4 is 0 Å². The van der Waals surface area contributed by atoms with Crippen LogP contribution in [0.1, 0.15) is 22.6 Å². The summed E-state index contributed by atoms with van der Waals surface area (Å²) in [5, 5.41) is 0. The Hall–Kier alpha value is -1.81. The number of rotatable bonds is 3. The maximum Gasteiger partial charge on any atom is 0.131 e. The molecule has 4 heteroatoms. The highest BCUT2D eigenvalue weighted by Crippen LogP contribution is 2.35. The van der Waals surface area contributed by atoms with Crippen molar-refractivity contribution in [3.05, 3.63) is 34.8 Å². The van der Waals surface area contributed by atoms with Crippen LogP contribution >= 0.6 is 0 Å². The molecule has 0 bridgehead atoms. The first kappa shape index (κ1) is 13.6. The minimum Gasteiger partial charge on any atom is -0.496 e. The summed E-state index contributed by atoms with van der Waals surface area (Å²) in [4.78, 5) is 4.65. The predicted molar refractivity (Wildman–Crippen MR) is 77.3 cm³/mol. The van der Waals surface area contributed by atoms with E-state index in [2.05, 4.69) is 24.0 Å². The summed E-state index contributed by atoms with van der Waals surface area (Å²) in [6.07, 6.45) is 0. The molecule has 0 aliphatic carbocycles. The first-order valence-corrected chi connectivity index (χ1v) is 6.37. The summed E-state index contributed by atoms with van der Waals surface area (Å²) < 4.78 is 7.58. The predicted octanol–water partition coefficient (Wildman–Crippen LogP) is 2.48. The molecule has 2 N–H and O–H groups in total. The minimum absolute atomic E-state index is 0.461. The van der Waals surface area contributed by atoms with Gasteiger partial charge in [0.25, 0.3) is 0 Å². The quantitative estimate of drug-likeness (QED) is 0.921. The van der Waals surface area contributed by atoms with Crippen molar-refractivity contribution in [2.24, 2.45) is 12.8 Å². The van der Waals surface area contributed by atoms with Gasteiger partial charge in [-0.1, -0.05) is 6.07 Å². The van der Waals surface area contributed by atoms with E-state index in [1.165, 1.54) is 5.56 Å². The highest BCUT2D eigenvalue weighted by atomic mass is 16.5. The molecule has 19 heavy (non-hydrogen) atoms. The zero-order chi connectivity index (χ0) is 14.2. The van der Waals surface area contributed by atoms with E-state index in [9.17, 15) is 0 Å². The van der Waals surface area contributed by atoms with Gasteiger partial charge in [0.15, 0.2) is 0 Å².